The molecule has 0 spiro atoms. The van der Waals surface area contributed by atoms with Crippen molar-refractivity contribution in [3.8, 4) is 0 Å². The van der Waals surface area contributed by atoms with Gasteiger partial charge in [-0.05, 0) is 44.4 Å². The van der Waals surface area contributed by atoms with Crippen molar-refractivity contribution in [2.45, 2.75) is 40.2 Å². The van der Waals surface area contributed by atoms with E-state index in [4.69, 9.17) is 0 Å². The number of nitrogens with one attached hydrogen (secondary N) is 1. The van der Waals surface area contributed by atoms with Gasteiger partial charge in [0.2, 0.25) is 15.9 Å². The maximum Gasteiger partial charge on any atom is 0.240 e. The summed E-state index contributed by atoms with van der Waals surface area (Å²) in [5, 5.41) is 2.79. The Kier molecular flexibility index (Phi) is 5.78. The highest BCUT2D eigenvalue weighted by Crippen LogP contribution is 2.24. The molecule has 1 atom stereocenters. The maximum atomic E-state index is 12.0. The summed E-state index contributed by atoms with van der Waals surface area (Å²) < 4.78 is 25.2. The van der Waals surface area contributed by atoms with Crippen LogP contribution in [0.15, 0.2) is 18.2 Å². The predicted octanol–water partition coefficient (Wildman–Crippen LogP) is 1.98. The Hall–Kier alpha value is -1.56. The average molecular weight is 312 g/mol. The zero-order chi connectivity index (χ0) is 16.2. The first-order valence-corrected chi connectivity index (χ1v) is 8.85. The van der Waals surface area contributed by atoms with Crippen LogP contribution < -0.4 is 9.62 Å². The van der Waals surface area contributed by atoms with E-state index in [1.807, 2.05) is 33.8 Å². The first-order chi connectivity index (χ1) is 9.66. The van der Waals surface area contributed by atoms with Crippen LogP contribution in [0.5, 0.6) is 0 Å². The lowest BCUT2D eigenvalue weighted by molar-refractivity contribution is -0.120. The fourth-order valence-electron chi connectivity index (χ4n) is 1.94. The summed E-state index contributed by atoms with van der Waals surface area (Å²) in [7, 11) is -3.52. The zero-order valence-electron chi connectivity index (χ0n) is 13.3. The molecule has 1 amide bonds. The summed E-state index contributed by atoms with van der Waals surface area (Å²) in [6, 6.07) is 5.46. The number of nitrogens with zero attached hydrogens (tertiary/aromatic N) is 1. The number of anilines is 1. The first-order valence-electron chi connectivity index (χ1n) is 7.00. The summed E-state index contributed by atoms with van der Waals surface area (Å²) in [6.07, 6.45) is 1.92. The predicted molar refractivity (Wildman–Crippen MR) is 86.0 cm³/mol. The maximum absolute atomic E-state index is 12.0. The van der Waals surface area contributed by atoms with Crippen molar-refractivity contribution in [1.82, 2.24) is 5.32 Å². The van der Waals surface area contributed by atoms with Crippen molar-refractivity contribution in [1.29, 1.82) is 0 Å². The van der Waals surface area contributed by atoms with Crippen LogP contribution in [0, 0.1) is 13.8 Å². The molecule has 0 saturated heterocycles. The fraction of sp³-hybridized carbons (Fsp3) is 0.533. The molecule has 21 heavy (non-hydrogen) atoms. The van der Waals surface area contributed by atoms with Crippen molar-refractivity contribution in [2.75, 3.05) is 17.1 Å². The van der Waals surface area contributed by atoms with Crippen LogP contribution in [0.1, 0.15) is 31.4 Å². The molecule has 0 saturated carbocycles. The van der Waals surface area contributed by atoms with E-state index in [2.05, 4.69) is 5.32 Å². The largest absolute Gasteiger partial charge is 0.352 e. The van der Waals surface area contributed by atoms with Gasteiger partial charge in [0, 0.05) is 6.04 Å². The molecule has 6 heteroatoms. The van der Waals surface area contributed by atoms with E-state index in [-0.39, 0.29) is 18.5 Å². The summed E-state index contributed by atoms with van der Waals surface area (Å²) in [5.74, 6) is -0.296. The summed E-state index contributed by atoms with van der Waals surface area (Å²) in [5.41, 5.74) is 2.40. The van der Waals surface area contributed by atoms with Crippen LogP contribution >= 0.6 is 0 Å². The third-order valence-electron chi connectivity index (χ3n) is 3.55. The Morgan fingerprint density at radius 1 is 1.33 bits per heavy atom. The van der Waals surface area contributed by atoms with Gasteiger partial charge in [-0.3, -0.25) is 9.10 Å². The van der Waals surface area contributed by atoms with Gasteiger partial charge in [-0.15, -0.1) is 0 Å². The fourth-order valence-corrected chi connectivity index (χ4v) is 2.85. The highest BCUT2D eigenvalue weighted by molar-refractivity contribution is 7.92. The minimum atomic E-state index is -3.52. The molecule has 0 aliphatic rings. The Balaban J connectivity index is 3.09. The summed E-state index contributed by atoms with van der Waals surface area (Å²) >= 11 is 0. The van der Waals surface area contributed by atoms with Crippen LogP contribution in [0.2, 0.25) is 0 Å². The zero-order valence-corrected chi connectivity index (χ0v) is 14.1. The molecule has 0 heterocycles. The third-order valence-corrected chi connectivity index (χ3v) is 4.68. The number of hydrogen-bond acceptors (Lipinski definition) is 3. The van der Waals surface area contributed by atoms with Gasteiger partial charge in [0.25, 0.3) is 0 Å². The van der Waals surface area contributed by atoms with Crippen molar-refractivity contribution in [2.24, 2.45) is 0 Å². The van der Waals surface area contributed by atoms with Crippen LogP contribution in [-0.2, 0) is 14.8 Å². The number of carbonyl (C=O) groups excluding carboxylic acids is 1. The Bertz CT molecular complexity index is 611. The highest BCUT2D eigenvalue weighted by Gasteiger charge is 2.23. The third kappa shape index (κ3) is 4.74. The molecule has 0 fully saturated rings. The van der Waals surface area contributed by atoms with E-state index in [1.54, 1.807) is 12.1 Å². The van der Waals surface area contributed by atoms with E-state index < -0.39 is 10.0 Å². The molecule has 118 valence electrons. The Morgan fingerprint density at radius 3 is 2.48 bits per heavy atom. The molecular weight excluding hydrogens is 288 g/mol. The standard InChI is InChI=1S/C15H24N2O3S/c1-6-12(3)16-15(18)10-17(21(5,19)20)14-9-7-8-11(2)13(14)4/h7-9,12H,6,10H2,1-5H3,(H,16,18). The lowest BCUT2D eigenvalue weighted by Gasteiger charge is -2.25. The molecular formula is C15H24N2O3S. The van der Waals surface area contributed by atoms with Gasteiger partial charge in [0.15, 0.2) is 0 Å². The average Bonchev–Trinajstić information content (AvgIpc) is 2.38. The molecule has 1 aromatic rings. The highest BCUT2D eigenvalue weighted by atomic mass is 32.2. The lowest BCUT2D eigenvalue weighted by Crippen LogP contribution is -2.43. The first kappa shape index (κ1) is 17.5. The second-order valence-electron chi connectivity index (χ2n) is 5.37. The monoisotopic (exact) mass is 312 g/mol. The second kappa shape index (κ2) is 6.93. The molecule has 1 rings (SSSR count). The Morgan fingerprint density at radius 2 is 1.95 bits per heavy atom. The molecule has 1 aromatic carbocycles. The number of aryl methyl sites for hydroxylation is 1. The minimum Gasteiger partial charge on any atom is -0.352 e. The topological polar surface area (TPSA) is 66.5 Å². The van der Waals surface area contributed by atoms with Crippen LogP contribution in [0.3, 0.4) is 0 Å². The van der Waals surface area contributed by atoms with Crippen molar-refractivity contribution >= 4 is 21.6 Å². The van der Waals surface area contributed by atoms with Gasteiger partial charge >= 0.3 is 0 Å². The number of benzene rings is 1. The molecule has 0 radical (unpaired) electrons. The normalized spacial score (nSPS) is 12.8. The van der Waals surface area contributed by atoms with Crippen molar-refractivity contribution in [3.63, 3.8) is 0 Å². The number of amides is 1. The minimum absolute atomic E-state index is 0.0255. The lowest BCUT2D eigenvalue weighted by atomic mass is 10.1. The Labute approximate surface area is 127 Å². The number of rotatable bonds is 6. The number of carbonyl (C=O) groups is 1. The van der Waals surface area contributed by atoms with Gasteiger partial charge < -0.3 is 5.32 Å². The second-order valence-corrected chi connectivity index (χ2v) is 7.27. The molecule has 0 bridgehead atoms. The van der Waals surface area contributed by atoms with E-state index >= 15 is 0 Å². The van der Waals surface area contributed by atoms with E-state index in [9.17, 15) is 13.2 Å². The summed E-state index contributed by atoms with van der Waals surface area (Å²) in [4.78, 5) is 12.0. The van der Waals surface area contributed by atoms with Gasteiger partial charge in [-0.25, -0.2) is 8.42 Å². The number of sulfonamides is 1. The number of hydrogen-bond donors (Lipinski definition) is 1. The SMILES string of the molecule is CCC(C)NC(=O)CN(c1cccc(C)c1C)S(C)(=O)=O. The molecule has 0 aliphatic carbocycles. The van der Waals surface area contributed by atoms with Crippen molar-refractivity contribution in [3.05, 3.63) is 29.3 Å². The van der Waals surface area contributed by atoms with Crippen LogP contribution in [0.4, 0.5) is 5.69 Å². The van der Waals surface area contributed by atoms with Crippen LogP contribution in [0.25, 0.3) is 0 Å². The smallest absolute Gasteiger partial charge is 0.240 e. The van der Waals surface area contributed by atoms with E-state index in [1.165, 1.54) is 0 Å². The van der Waals surface area contributed by atoms with Gasteiger partial charge in [-0.1, -0.05) is 19.1 Å². The van der Waals surface area contributed by atoms with Gasteiger partial charge in [-0.2, -0.15) is 0 Å². The van der Waals surface area contributed by atoms with Crippen LogP contribution in [-0.4, -0.2) is 33.2 Å². The van der Waals surface area contributed by atoms with E-state index in [0.29, 0.717) is 5.69 Å². The summed E-state index contributed by atoms with van der Waals surface area (Å²) in [6.45, 7) is 7.42. The quantitative estimate of drug-likeness (QED) is 0.873. The van der Waals surface area contributed by atoms with Gasteiger partial charge in [0.05, 0.1) is 11.9 Å². The molecule has 0 aliphatic heterocycles. The van der Waals surface area contributed by atoms with E-state index in [0.717, 1.165) is 28.1 Å². The van der Waals surface area contributed by atoms with Gasteiger partial charge in [0.1, 0.15) is 6.54 Å². The molecule has 5 nitrogen and oxygen atoms in total. The molecule has 1 unspecified atom stereocenters. The van der Waals surface area contributed by atoms with Crippen molar-refractivity contribution < 1.29 is 13.2 Å². The molecule has 0 aromatic heterocycles. The molecule has 1 N–H and O–H groups in total.